The Morgan fingerprint density at radius 2 is 2.21 bits per heavy atom. The molecule has 0 saturated carbocycles. The molecule has 0 radical (unpaired) electrons. The van der Waals surface area contributed by atoms with Crippen LogP contribution in [-0.2, 0) is 16.9 Å². The Morgan fingerprint density at radius 1 is 1.43 bits per heavy atom. The fourth-order valence-corrected chi connectivity index (χ4v) is 2.29. The number of rotatable bonds is 3. The first-order valence-corrected chi connectivity index (χ1v) is 5.25. The van der Waals surface area contributed by atoms with Crippen LogP contribution in [0.25, 0.3) is 0 Å². The fraction of sp³-hybridized carbons (Fsp3) is 0.500. The molecule has 2 N–H and O–H groups in total. The smallest absolute Gasteiger partial charge is 0.0948 e. The summed E-state index contributed by atoms with van der Waals surface area (Å²) in [6, 6.07) is 8.45. The van der Waals surface area contributed by atoms with Gasteiger partial charge in [-0.1, -0.05) is 31.2 Å². The third-order valence-corrected chi connectivity index (χ3v) is 3.13. The second-order valence-electron chi connectivity index (χ2n) is 3.83. The minimum absolute atomic E-state index is 0.106. The fourth-order valence-electron chi connectivity index (χ4n) is 2.29. The maximum atomic E-state index is 5.92. The molecular weight excluding hydrogens is 174 g/mol. The zero-order valence-electron chi connectivity index (χ0n) is 8.62. The van der Waals surface area contributed by atoms with Crippen molar-refractivity contribution in [3.05, 3.63) is 35.4 Å². The van der Waals surface area contributed by atoms with Gasteiger partial charge in [0.05, 0.1) is 12.2 Å². The second kappa shape index (κ2) is 3.71. The van der Waals surface area contributed by atoms with Gasteiger partial charge in [-0.3, -0.25) is 0 Å². The molecule has 1 aliphatic heterocycles. The number of hydrogen-bond donors (Lipinski definition) is 1. The van der Waals surface area contributed by atoms with Gasteiger partial charge in [-0.15, -0.1) is 0 Å². The minimum Gasteiger partial charge on any atom is -0.366 e. The molecule has 1 heterocycles. The molecular formula is C12H17NO. The zero-order valence-corrected chi connectivity index (χ0v) is 8.62. The first-order valence-electron chi connectivity index (χ1n) is 5.25. The standard InChI is InChI=1S/C12H17NO/c1-2-12(7-8-13)11-6-4-3-5-10(11)9-14-12/h3-6H,2,7-9,13H2,1H3. The topological polar surface area (TPSA) is 35.2 Å². The highest BCUT2D eigenvalue weighted by Crippen LogP contribution is 2.41. The van der Waals surface area contributed by atoms with E-state index in [-0.39, 0.29) is 5.60 Å². The van der Waals surface area contributed by atoms with E-state index in [1.165, 1.54) is 11.1 Å². The summed E-state index contributed by atoms with van der Waals surface area (Å²) < 4.78 is 5.92. The molecule has 76 valence electrons. The third-order valence-electron chi connectivity index (χ3n) is 3.13. The summed E-state index contributed by atoms with van der Waals surface area (Å²) >= 11 is 0. The molecule has 0 amide bonds. The lowest BCUT2D eigenvalue weighted by Crippen LogP contribution is -2.27. The van der Waals surface area contributed by atoms with Crippen LogP contribution in [0.3, 0.4) is 0 Å². The average Bonchev–Trinajstić information content (AvgIpc) is 2.59. The second-order valence-corrected chi connectivity index (χ2v) is 3.83. The molecule has 0 spiro atoms. The van der Waals surface area contributed by atoms with Crippen molar-refractivity contribution in [2.45, 2.75) is 32.0 Å². The maximum Gasteiger partial charge on any atom is 0.0948 e. The number of benzene rings is 1. The monoisotopic (exact) mass is 191 g/mol. The van der Waals surface area contributed by atoms with Gasteiger partial charge < -0.3 is 10.5 Å². The maximum absolute atomic E-state index is 5.92. The molecule has 0 aromatic heterocycles. The van der Waals surface area contributed by atoms with E-state index in [1.807, 2.05) is 0 Å². The Morgan fingerprint density at radius 3 is 2.93 bits per heavy atom. The van der Waals surface area contributed by atoms with Crippen molar-refractivity contribution in [3.63, 3.8) is 0 Å². The van der Waals surface area contributed by atoms with Crippen molar-refractivity contribution < 1.29 is 4.74 Å². The normalized spacial score (nSPS) is 25.0. The zero-order chi connectivity index (χ0) is 10.0. The number of ether oxygens (including phenoxy) is 1. The van der Waals surface area contributed by atoms with Crippen LogP contribution in [0.1, 0.15) is 30.9 Å². The lowest BCUT2D eigenvalue weighted by Gasteiger charge is -2.27. The number of nitrogens with two attached hydrogens (primary N) is 1. The first-order chi connectivity index (χ1) is 6.82. The van der Waals surface area contributed by atoms with E-state index >= 15 is 0 Å². The Balaban J connectivity index is 2.39. The van der Waals surface area contributed by atoms with Crippen LogP contribution in [0.5, 0.6) is 0 Å². The molecule has 1 aromatic rings. The van der Waals surface area contributed by atoms with Crippen LogP contribution in [0, 0.1) is 0 Å². The molecule has 1 atom stereocenters. The molecule has 0 bridgehead atoms. The van der Waals surface area contributed by atoms with Crippen molar-refractivity contribution >= 4 is 0 Å². The van der Waals surface area contributed by atoms with E-state index in [0.717, 1.165) is 19.4 Å². The van der Waals surface area contributed by atoms with Crippen LogP contribution >= 0.6 is 0 Å². The highest BCUT2D eigenvalue weighted by Gasteiger charge is 2.37. The van der Waals surface area contributed by atoms with E-state index in [1.54, 1.807) is 0 Å². The summed E-state index contributed by atoms with van der Waals surface area (Å²) in [4.78, 5) is 0. The van der Waals surface area contributed by atoms with Gasteiger partial charge in [0.2, 0.25) is 0 Å². The SMILES string of the molecule is CCC1(CCN)OCc2ccccc21. The summed E-state index contributed by atoms with van der Waals surface area (Å²) in [5, 5.41) is 0. The van der Waals surface area contributed by atoms with Gasteiger partial charge in [0.15, 0.2) is 0 Å². The van der Waals surface area contributed by atoms with Crippen molar-refractivity contribution in [1.29, 1.82) is 0 Å². The third kappa shape index (κ3) is 1.35. The van der Waals surface area contributed by atoms with Crippen molar-refractivity contribution in [2.24, 2.45) is 5.73 Å². The van der Waals surface area contributed by atoms with Gasteiger partial charge in [-0.2, -0.15) is 0 Å². The Kier molecular flexibility index (Phi) is 2.57. The van der Waals surface area contributed by atoms with Gasteiger partial charge in [-0.25, -0.2) is 0 Å². The number of fused-ring (bicyclic) bond motifs is 1. The van der Waals surface area contributed by atoms with E-state index in [2.05, 4.69) is 31.2 Å². The van der Waals surface area contributed by atoms with Crippen LogP contribution in [0.15, 0.2) is 24.3 Å². The largest absolute Gasteiger partial charge is 0.366 e. The Labute approximate surface area is 85.1 Å². The molecule has 1 aromatic carbocycles. The highest BCUT2D eigenvalue weighted by atomic mass is 16.5. The van der Waals surface area contributed by atoms with E-state index in [9.17, 15) is 0 Å². The van der Waals surface area contributed by atoms with E-state index < -0.39 is 0 Å². The van der Waals surface area contributed by atoms with Gasteiger partial charge in [-0.05, 0) is 30.5 Å². The Hall–Kier alpha value is -0.860. The van der Waals surface area contributed by atoms with Crippen molar-refractivity contribution in [2.75, 3.05) is 6.54 Å². The molecule has 2 rings (SSSR count). The van der Waals surface area contributed by atoms with Gasteiger partial charge in [0.25, 0.3) is 0 Å². The molecule has 0 fully saturated rings. The van der Waals surface area contributed by atoms with Crippen LogP contribution in [-0.4, -0.2) is 6.54 Å². The predicted molar refractivity (Wildman–Crippen MR) is 56.9 cm³/mol. The Bertz CT molecular complexity index is 320. The van der Waals surface area contributed by atoms with Gasteiger partial charge in [0, 0.05) is 0 Å². The summed E-state index contributed by atoms with van der Waals surface area (Å²) in [7, 11) is 0. The molecule has 1 aliphatic rings. The van der Waals surface area contributed by atoms with Gasteiger partial charge >= 0.3 is 0 Å². The predicted octanol–water partition coefficient (Wildman–Crippen LogP) is 2.17. The lowest BCUT2D eigenvalue weighted by atomic mass is 9.87. The average molecular weight is 191 g/mol. The van der Waals surface area contributed by atoms with Crippen LogP contribution < -0.4 is 5.73 Å². The highest BCUT2D eigenvalue weighted by molar-refractivity contribution is 5.35. The molecule has 2 heteroatoms. The van der Waals surface area contributed by atoms with E-state index in [0.29, 0.717) is 6.54 Å². The summed E-state index contributed by atoms with van der Waals surface area (Å²) in [5.41, 5.74) is 8.20. The first kappa shape index (κ1) is 9.69. The molecule has 0 aliphatic carbocycles. The molecule has 14 heavy (non-hydrogen) atoms. The van der Waals surface area contributed by atoms with Crippen LogP contribution in [0.4, 0.5) is 0 Å². The number of hydrogen-bond acceptors (Lipinski definition) is 2. The van der Waals surface area contributed by atoms with E-state index in [4.69, 9.17) is 10.5 Å². The molecule has 0 saturated heterocycles. The molecule has 1 unspecified atom stereocenters. The minimum atomic E-state index is -0.106. The summed E-state index contributed by atoms with van der Waals surface area (Å²) in [6.45, 7) is 3.59. The van der Waals surface area contributed by atoms with Crippen LogP contribution in [0.2, 0.25) is 0 Å². The molecule has 2 nitrogen and oxygen atoms in total. The summed E-state index contributed by atoms with van der Waals surface area (Å²) in [6.07, 6.45) is 1.92. The van der Waals surface area contributed by atoms with Crippen molar-refractivity contribution in [1.82, 2.24) is 0 Å². The van der Waals surface area contributed by atoms with Crippen molar-refractivity contribution in [3.8, 4) is 0 Å². The lowest BCUT2D eigenvalue weighted by molar-refractivity contribution is -0.0455. The van der Waals surface area contributed by atoms with Gasteiger partial charge in [0.1, 0.15) is 0 Å². The quantitative estimate of drug-likeness (QED) is 0.794. The summed E-state index contributed by atoms with van der Waals surface area (Å²) in [5.74, 6) is 0.